The summed E-state index contributed by atoms with van der Waals surface area (Å²) in [6, 6.07) is 6.90. The van der Waals surface area contributed by atoms with Gasteiger partial charge in [0.15, 0.2) is 0 Å². The number of fused-ring (bicyclic) bond motifs is 1. The van der Waals surface area contributed by atoms with Crippen LogP contribution in [0.25, 0.3) is 5.65 Å². The van der Waals surface area contributed by atoms with Crippen molar-refractivity contribution < 1.29 is 0 Å². The third-order valence-corrected chi connectivity index (χ3v) is 4.19. The molecule has 2 aromatic rings. The first-order valence-electron chi connectivity index (χ1n) is 7.06. The monoisotopic (exact) mass is 241 g/mol. The van der Waals surface area contributed by atoms with Gasteiger partial charge in [-0.05, 0) is 49.7 Å². The van der Waals surface area contributed by atoms with Gasteiger partial charge in [0.25, 0.3) is 0 Å². The second-order valence-corrected chi connectivity index (χ2v) is 5.78. The van der Waals surface area contributed by atoms with Gasteiger partial charge in [-0.3, -0.25) is 0 Å². The zero-order valence-corrected chi connectivity index (χ0v) is 10.5. The molecule has 3 heteroatoms. The van der Waals surface area contributed by atoms with Gasteiger partial charge in [0, 0.05) is 25.0 Å². The van der Waals surface area contributed by atoms with Gasteiger partial charge >= 0.3 is 0 Å². The number of hydrogen-bond donors (Lipinski definition) is 1. The van der Waals surface area contributed by atoms with Crippen molar-refractivity contribution in [3.63, 3.8) is 0 Å². The van der Waals surface area contributed by atoms with Crippen molar-refractivity contribution >= 4 is 5.65 Å². The highest BCUT2D eigenvalue weighted by Gasteiger charge is 2.40. The van der Waals surface area contributed by atoms with E-state index in [-0.39, 0.29) is 0 Å². The maximum atomic E-state index is 4.64. The maximum absolute atomic E-state index is 4.64. The Bertz CT molecular complexity index is 507. The summed E-state index contributed by atoms with van der Waals surface area (Å²) in [7, 11) is 0. The molecule has 4 rings (SSSR count). The molecule has 2 saturated carbocycles. The van der Waals surface area contributed by atoms with E-state index in [1.807, 2.05) is 12.1 Å². The summed E-state index contributed by atoms with van der Waals surface area (Å²) in [5.74, 6) is 1.91. The van der Waals surface area contributed by atoms with Crippen LogP contribution in [-0.4, -0.2) is 15.4 Å². The minimum absolute atomic E-state index is 0.759. The summed E-state index contributed by atoms with van der Waals surface area (Å²) >= 11 is 0. The quantitative estimate of drug-likeness (QED) is 0.872. The highest BCUT2D eigenvalue weighted by molar-refractivity contribution is 5.39. The van der Waals surface area contributed by atoms with E-state index in [1.54, 1.807) is 0 Å². The van der Waals surface area contributed by atoms with E-state index in [0.29, 0.717) is 0 Å². The summed E-state index contributed by atoms with van der Waals surface area (Å²) in [6.07, 6.45) is 9.92. The molecule has 2 aliphatic carbocycles. The highest BCUT2D eigenvalue weighted by Crippen LogP contribution is 2.44. The molecule has 3 nitrogen and oxygen atoms in total. The molecule has 0 amide bonds. The molecule has 0 aromatic carbocycles. The molecule has 2 fully saturated rings. The molecule has 2 aromatic heterocycles. The van der Waals surface area contributed by atoms with Crippen LogP contribution in [0.4, 0.5) is 0 Å². The van der Waals surface area contributed by atoms with E-state index in [0.717, 1.165) is 35.8 Å². The first-order valence-corrected chi connectivity index (χ1v) is 7.06. The number of pyridine rings is 1. The zero-order chi connectivity index (χ0) is 11.9. The molecule has 0 aliphatic heterocycles. The van der Waals surface area contributed by atoms with Gasteiger partial charge in [0.05, 0.1) is 5.69 Å². The molecular weight excluding hydrogens is 222 g/mol. The molecule has 0 atom stereocenters. The predicted octanol–water partition coefficient (Wildman–Crippen LogP) is 2.61. The fourth-order valence-corrected chi connectivity index (χ4v) is 2.92. The Balaban J connectivity index is 1.46. The van der Waals surface area contributed by atoms with Gasteiger partial charge in [-0.1, -0.05) is 6.07 Å². The van der Waals surface area contributed by atoms with E-state index < -0.39 is 0 Å². The average Bonchev–Trinajstić information content (AvgIpc) is 3.28. The molecule has 18 heavy (non-hydrogen) atoms. The standard InChI is InChI=1S/C15H19N3/c1-2-8-18-10-13(17-14(18)3-1)9-16-15(11-4-5-11)12-6-7-12/h1-3,8,10-12,15-16H,4-7,9H2. The lowest BCUT2D eigenvalue weighted by Gasteiger charge is -2.16. The summed E-state index contributed by atoms with van der Waals surface area (Å²) < 4.78 is 2.10. The number of rotatable bonds is 5. The van der Waals surface area contributed by atoms with E-state index in [1.165, 1.54) is 25.7 Å². The summed E-state index contributed by atoms with van der Waals surface area (Å²) in [6.45, 7) is 0.916. The molecule has 2 heterocycles. The predicted molar refractivity (Wildman–Crippen MR) is 71.3 cm³/mol. The molecule has 2 aliphatic rings. The molecule has 0 bridgehead atoms. The van der Waals surface area contributed by atoms with Crippen LogP contribution < -0.4 is 5.32 Å². The van der Waals surface area contributed by atoms with Crippen molar-refractivity contribution in [2.45, 2.75) is 38.3 Å². The smallest absolute Gasteiger partial charge is 0.137 e. The van der Waals surface area contributed by atoms with Crippen molar-refractivity contribution in [1.29, 1.82) is 0 Å². The van der Waals surface area contributed by atoms with E-state index in [2.05, 4.69) is 33.2 Å². The average molecular weight is 241 g/mol. The normalized spacial score (nSPS) is 19.8. The molecule has 94 valence electrons. The van der Waals surface area contributed by atoms with E-state index in [9.17, 15) is 0 Å². The largest absolute Gasteiger partial charge is 0.308 e. The first kappa shape index (κ1) is 10.6. The summed E-state index contributed by atoms with van der Waals surface area (Å²) in [5, 5.41) is 3.75. The fourth-order valence-electron chi connectivity index (χ4n) is 2.92. The van der Waals surface area contributed by atoms with Crippen molar-refractivity contribution in [3.05, 3.63) is 36.3 Å². The minimum atomic E-state index is 0.759. The van der Waals surface area contributed by atoms with Crippen LogP contribution in [0.1, 0.15) is 31.4 Å². The number of hydrogen-bond acceptors (Lipinski definition) is 2. The van der Waals surface area contributed by atoms with Crippen LogP contribution in [0.2, 0.25) is 0 Å². The SMILES string of the molecule is c1ccn2cc(CNC(C3CC3)C3CC3)nc2c1. The first-order chi connectivity index (χ1) is 8.90. The van der Waals surface area contributed by atoms with Crippen LogP contribution in [0.15, 0.2) is 30.6 Å². The third-order valence-electron chi connectivity index (χ3n) is 4.19. The molecule has 0 spiro atoms. The lowest BCUT2D eigenvalue weighted by molar-refractivity contribution is 0.414. The summed E-state index contributed by atoms with van der Waals surface area (Å²) in [5.41, 5.74) is 2.20. The van der Waals surface area contributed by atoms with Crippen molar-refractivity contribution in [1.82, 2.24) is 14.7 Å². The Morgan fingerprint density at radius 1 is 1.22 bits per heavy atom. The molecule has 1 N–H and O–H groups in total. The molecular formula is C15H19N3. The van der Waals surface area contributed by atoms with Gasteiger partial charge in [0.2, 0.25) is 0 Å². The van der Waals surface area contributed by atoms with E-state index in [4.69, 9.17) is 0 Å². The van der Waals surface area contributed by atoms with Crippen LogP contribution in [0, 0.1) is 11.8 Å². The van der Waals surface area contributed by atoms with Gasteiger partial charge in [0.1, 0.15) is 5.65 Å². The highest BCUT2D eigenvalue weighted by atomic mass is 15.0. The van der Waals surface area contributed by atoms with Crippen LogP contribution in [-0.2, 0) is 6.54 Å². The second-order valence-electron chi connectivity index (χ2n) is 5.78. The Kier molecular flexibility index (Phi) is 2.40. The van der Waals surface area contributed by atoms with Crippen LogP contribution in [0.3, 0.4) is 0 Å². The van der Waals surface area contributed by atoms with Crippen LogP contribution >= 0.6 is 0 Å². The van der Waals surface area contributed by atoms with Gasteiger partial charge in [-0.2, -0.15) is 0 Å². The fraction of sp³-hybridized carbons (Fsp3) is 0.533. The van der Waals surface area contributed by atoms with Crippen molar-refractivity contribution in [2.24, 2.45) is 11.8 Å². The number of nitrogens with zero attached hydrogens (tertiary/aromatic N) is 2. The molecule has 0 unspecified atom stereocenters. The Morgan fingerprint density at radius 2 is 2.00 bits per heavy atom. The van der Waals surface area contributed by atoms with E-state index >= 15 is 0 Å². The maximum Gasteiger partial charge on any atom is 0.137 e. The van der Waals surface area contributed by atoms with Crippen molar-refractivity contribution in [2.75, 3.05) is 0 Å². The third kappa shape index (κ3) is 2.03. The van der Waals surface area contributed by atoms with Crippen molar-refractivity contribution in [3.8, 4) is 0 Å². The number of imidazole rings is 1. The topological polar surface area (TPSA) is 29.3 Å². The lowest BCUT2D eigenvalue weighted by Crippen LogP contribution is -2.32. The molecule has 0 saturated heterocycles. The Hall–Kier alpha value is -1.35. The van der Waals surface area contributed by atoms with Gasteiger partial charge in [-0.25, -0.2) is 4.98 Å². The second kappa shape index (κ2) is 4.09. The Morgan fingerprint density at radius 3 is 2.67 bits per heavy atom. The Labute approximate surface area is 107 Å². The number of aromatic nitrogens is 2. The van der Waals surface area contributed by atoms with Gasteiger partial charge < -0.3 is 9.72 Å². The van der Waals surface area contributed by atoms with Crippen LogP contribution in [0.5, 0.6) is 0 Å². The number of nitrogens with one attached hydrogen (secondary N) is 1. The lowest BCUT2D eigenvalue weighted by atomic mass is 10.1. The molecule has 0 radical (unpaired) electrons. The summed E-state index contributed by atoms with van der Waals surface area (Å²) in [4.78, 5) is 4.64. The minimum Gasteiger partial charge on any atom is -0.308 e. The van der Waals surface area contributed by atoms with Gasteiger partial charge in [-0.15, -0.1) is 0 Å². The zero-order valence-electron chi connectivity index (χ0n) is 10.5.